The van der Waals surface area contributed by atoms with E-state index < -0.39 is 10.8 Å². The normalized spacial score (nSPS) is 12.3. The van der Waals surface area contributed by atoms with Gasteiger partial charge in [0, 0.05) is 42.7 Å². The third-order valence-electron chi connectivity index (χ3n) is 7.99. The molecular weight excluding hydrogens is 534 g/mol. The molecule has 8 aromatic rings. The maximum absolute atomic E-state index is 13.3. The SMILES string of the molecule is N#Cc1ccc(S(=O)c2ccc(-n3c4ccccc4c4c3ccc3c5ccccc5n(-c5ccccc5)c34)cc2)cc1. The van der Waals surface area contributed by atoms with E-state index >= 15 is 0 Å². The Morgan fingerprint density at radius 2 is 1.07 bits per heavy atom. The van der Waals surface area contributed by atoms with Gasteiger partial charge in [-0.1, -0.05) is 60.7 Å². The molecule has 0 saturated carbocycles. The zero-order valence-corrected chi connectivity index (χ0v) is 23.3. The fourth-order valence-electron chi connectivity index (χ4n) is 6.14. The lowest BCUT2D eigenvalue weighted by Crippen LogP contribution is -1.97. The summed E-state index contributed by atoms with van der Waals surface area (Å²) in [5, 5.41) is 13.9. The quantitative estimate of drug-likeness (QED) is 0.217. The highest BCUT2D eigenvalue weighted by atomic mass is 32.2. The van der Waals surface area contributed by atoms with Crippen molar-refractivity contribution in [3.8, 4) is 17.4 Å². The van der Waals surface area contributed by atoms with E-state index in [2.05, 4.69) is 106 Å². The number of nitriles is 1. The molecule has 4 nitrogen and oxygen atoms in total. The van der Waals surface area contributed by atoms with Crippen molar-refractivity contribution in [2.45, 2.75) is 9.79 Å². The van der Waals surface area contributed by atoms with Crippen LogP contribution in [0.2, 0.25) is 0 Å². The van der Waals surface area contributed by atoms with Gasteiger partial charge in [-0.2, -0.15) is 5.26 Å². The molecule has 0 spiro atoms. The summed E-state index contributed by atoms with van der Waals surface area (Å²) in [4.78, 5) is 1.39. The molecule has 0 radical (unpaired) electrons. The highest BCUT2D eigenvalue weighted by Gasteiger charge is 2.20. The second kappa shape index (κ2) is 9.59. The zero-order valence-electron chi connectivity index (χ0n) is 22.4. The molecule has 1 unspecified atom stereocenters. The minimum Gasteiger partial charge on any atom is -0.309 e. The smallest absolute Gasteiger partial charge is 0.0991 e. The van der Waals surface area contributed by atoms with Gasteiger partial charge < -0.3 is 9.13 Å². The molecule has 0 bridgehead atoms. The number of para-hydroxylation sites is 3. The van der Waals surface area contributed by atoms with E-state index in [-0.39, 0.29) is 0 Å². The Kier molecular flexibility index (Phi) is 5.56. The van der Waals surface area contributed by atoms with Crippen LogP contribution in [0.15, 0.2) is 149 Å². The summed E-state index contributed by atoms with van der Waals surface area (Å²) in [6, 6.07) is 49.2. The number of hydrogen-bond acceptors (Lipinski definition) is 2. The first-order valence-corrected chi connectivity index (χ1v) is 14.9. The molecule has 198 valence electrons. The fraction of sp³-hybridized carbons (Fsp3) is 0. The Morgan fingerprint density at radius 3 is 1.76 bits per heavy atom. The van der Waals surface area contributed by atoms with Gasteiger partial charge in [-0.05, 0) is 78.9 Å². The topological polar surface area (TPSA) is 50.7 Å². The van der Waals surface area contributed by atoms with Crippen molar-refractivity contribution < 1.29 is 4.21 Å². The Hall–Kier alpha value is -5.44. The van der Waals surface area contributed by atoms with Gasteiger partial charge in [0.25, 0.3) is 0 Å². The number of rotatable bonds is 4. The van der Waals surface area contributed by atoms with Gasteiger partial charge >= 0.3 is 0 Å². The molecule has 0 aliphatic rings. The maximum atomic E-state index is 13.3. The number of fused-ring (bicyclic) bond motifs is 7. The molecular formula is C37H23N3OS. The molecule has 2 heterocycles. The van der Waals surface area contributed by atoms with Gasteiger partial charge in [0.2, 0.25) is 0 Å². The van der Waals surface area contributed by atoms with Crippen molar-refractivity contribution in [1.82, 2.24) is 9.13 Å². The van der Waals surface area contributed by atoms with Gasteiger partial charge in [0.15, 0.2) is 0 Å². The van der Waals surface area contributed by atoms with Crippen molar-refractivity contribution in [1.29, 1.82) is 5.26 Å². The largest absolute Gasteiger partial charge is 0.309 e. The van der Waals surface area contributed by atoms with Crippen LogP contribution >= 0.6 is 0 Å². The van der Waals surface area contributed by atoms with Crippen LogP contribution in [0.25, 0.3) is 55.0 Å². The number of nitrogens with zero attached hydrogens (tertiary/aromatic N) is 3. The Labute approximate surface area is 244 Å². The number of hydrogen-bond donors (Lipinski definition) is 0. The predicted molar refractivity (Wildman–Crippen MR) is 171 cm³/mol. The molecule has 0 aliphatic heterocycles. The van der Waals surface area contributed by atoms with Gasteiger partial charge in [0.1, 0.15) is 0 Å². The second-order valence-electron chi connectivity index (χ2n) is 10.3. The van der Waals surface area contributed by atoms with Crippen molar-refractivity contribution >= 4 is 54.4 Å². The average molecular weight is 558 g/mol. The van der Waals surface area contributed by atoms with Crippen molar-refractivity contribution in [2.75, 3.05) is 0 Å². The van der Waals surface area contributed by atoms with Gasteiger partial charge in [-0.3, -0.25) is 0 Å². The minimum absolute atomic E-state index is 0.554. The lowest BCUT2D eigenvalue weighted by molar-refractivity contribution is 0.683. The van der Waals surface area contributed by atoms with Crippen molar-refractivity contribution in [2.24, 2.45) is 0 Å². The first-order valence-electron chi connectivity index (χ1n) is 13.8. The lowest BCUT2D eigenvalue weighted by Gasteiger charge is -2.10. The van der Waals surface area contributed by atoms with Crippen LogP contribution < -0.4 is 0 Å². The molecule has 0 fully saturated rings. The van der Waals surface area contributed by atoms with E-state index in [0.717, 1.165) is 27.3 Å². The van der Waals surface area contributed by atoms with E-state index in [0.29, 0.717) is 10.5 Å². The van der Waals surface area contributed by atoms with E-state index in [4.69, 9.17) is 5.26 Å². The van der Waals surface area contributed by atoms with E-state index in [9.17, 15) is 4.21 Å². The van der Waals surface area contributed by atoms with E-state index in [1.54, 1.807) is 24.3 Å². The Morgan fingerprint density at radius 1 is 0.500 bits per heavy atom. The maximum Gasteiger partial charge on any atom is 0.0991 e. The van der Waals surface area contributed by atoms with Crippen LogP contribution in [-0.4, -0.2) is 13.3 Å². The van der Waals surface area contributed by atoms with E-state index in [1.165, 1.54) is 32.6 Å². The summed E-state index contributed by atoms with van der Waals surface area (Å²) in [6.45, 7) is 0. The summed E-state index contributed by atoms with van der Waals surface area (Å²) in [7, 11) is -1.34. The zero-order chi connectivity index (χ0) is 28.2. The van der Waals surface area contributed by atoms with Crippen LogP contribution in [0.3, 0.4) is 0 Å². The summed E-state index contributed by atoms with van der Waals surface area (Å²) in [5.74, 6) is 0. The van der Waals surface area contributed by atoms with Crippen LogP contribution in [0.1, 0.15) is 5.56 Å². The van der Waals surface area contributed by atoms with Gasteiger partial charge in [-0.25, -0.2) is 4.21 Å². The van der Waals surface area contributed by atoms with Gasteiger partial charge in [-0.15, -0.1) is 0 Å². The minimum atomic E-state index is -1.34. The standard InChI is InChI=1S/C37H23N3OS/c38-24-25-14-18-28(19-15-25)42(41)29-20-16-27(17-21-29)39-34-13-7-5-11-32(34)36-35(39)23-22-31-30-10-4-6-12-33(30)40(37(31)36)26-8-2-1-3-9-26/h1-23H. The summed E-state index contributed by atoms with van der Waals surface area (Å²) in [5.41, 5.74) is 7.28. The monoisotopic (exact) mass is 557 g/mol. The summed E-state index contributed by atoms with van der Waals surface area (Å²) < 4.78 is 18.0. The first-order chi connectivity index (χ1) is 20.7. The van der Waals surface area contributed by atoms with Crippen LogP contribution in [0.5, 0.6) is 0 Å². The molecule has 5 heteroatoms. The first kappa shape index (κ1) is 24.4. The third kappa shape index (κ3) is 3.63. The lowest BCUT2D eigenvalue weighted by atomic mass is 10.1. The highest BCUT2D eigenvalue weighted by molar-refractivity contribution is 7.85. The Balaban J connectivity index is 1.37. The second-order valence-corrected chi connectivity index (χ2v) is 11.8. The molecule has 0 saturated heterocycles. The van der Waals surface area contributed by atoms with Gasteiger partial charge in [0.05, 0.1) is 44.5 Å². The fourth-order valence-corrected chi connectivity index (χ4v) is 7.18. The molecule has 0 aliphatic carbocycles. The molecule has 6 aromatic carbocycles. The van der Waals surface area contributed by atoms with Crippen LogP contribution in [-0.2, 0) is 10.8 Å². The third-order valence-corrected chi connectivity index (χ3v) is 9.39. The molecule has 8 rings (SSSR count). The molecule has 1 atom stereocenters. The van der Waals surface area contributed by atoms with Crippen molar-refractivity contribution in [3.05, 3.63) is 145 Å². The summed E-state index contributed by atoms with van der Waals surface area (Å²) >= 11 is 0. The van der Waals surface area contributed by atoms with Crippen LogP contribution in [0.4, 0.5) is 0 Å². The number of benzene rings is 6. The van der Waals surface area contributed by atoms with Crippen molar-refractivity contribution in [3.63, 3.8) is 0 Å². The Bertz CT molecular complexity index is 2360. The highest BCUT2D eigenvalue weighted by Crippen LogP contribution is 2.41. The average Bonchev–Trinajstić information content (AvgIpc) is 3.58. The molecule has 2 aromatic heterocycles. The molecule has 0 amide bonds. The number of aromatic nitrogens is 2. The van der Waals surface area contributed by atoms with Crippen LogP contribution in [0, 0.1) is 11.3 Å². The molecule has 42 heavy (non-hydrogen) atoms. The molecule has 0 N–H and O–H groups in total. The predicted octanol–water partition coefficient (Wildman–Crippen LogP) is 8.92. The summed E-state index contributed by atoms with van der Waals surface area (Å²) in [6.07, 6.45) is 0. The van der Waals surface area contributed by atoms with E-state index in [1.807, 2.05) is 24.3 Å².